The standard InChI is InChI=1S/C13H9ClF3NO3S/c1-8-7-9(22(14,19)20)4-5-11(8)21-12-10(13(15,16)17)3-2-6-18-12/h2-7H,1H3. The summed E-state index contributed by atoms with van der Waals surface area (Å²) in [5, 5.41) is 0. The zero-order valence-corrected chi connectivity index (χ0v) is 12.6. The van der Waals surface area contributed by atoms with Gasteiger partial charge in [0, 0.05) is 16.9 Å². The molecule has 0 radical (unpaired) electrons. The Kier molecular flexibility index (Phi) is 4.35. The molecule has 0 saturated carbocycles. The molecule has 9 heteroatoms. The first-order chi connectivity index (χ1) is 10.1. The fourth-order valence-corrected chi connectivity index (χ4v) is 2.52. The average Bonchev–Trinajstić information content (AvgIpc) is 2.39. The minimum atomic E-state index is -4.61. The van der Waals surface area contributed by atoms with Crippen molar-refractivity contribution in [1.29, 1.82) is 0 Å². The van der Waals surface area contributed by atoms with Gasteiger partial charge in [0.15, 0.2) is 0 Å². The van der Waals surface area contributed by atoms with E-state index in [0.717, 1.165) is 24.4 Å². The average molecular weight is 352 g/mol. The van der Waals surface area contributed by atoms with E-state index >= 15 is 0 Å². The molecule has 118 valence electrons. The lowest BCUT2D eigenvalue weighted by Gasteiger charge is -2.13. The number of hydrogen-bond donors (Lipinski definition) is 0. The lowest BCUT2D eigenvalue weighted by Crippen LogP contribution is -2.08. The predicted molar refractivity (Wildman–Crippen MR) is 73.5 cm³/mol. The smallest absolute Gasteiger partial charge is 0.421 e. The number of benzene rings is 1. The summed E-state index contributed by atoms with van der Waals surface area (Å²) in [5.41, 5.74) is -0.719. The number of ether oxygens (including phenoxy) is 1. The summed E-state index contributed by atoms with van der Waals surface area (Å²) in [6.07, 6.45) is -3.45. The zero-order valence-electron chi connectivity index (χ0n) is 11.1. The molecule has 1 aromatic heterocycles. The van der Waals surface area contributed by atoms with Gasteiger partial charge in [0.1, 0.15) is 11.3 Å². The Morgan fingerprint density at radius 2 is 1.91 bits per heavy atom. The molecule has 4 nitrogen and oxygen atoms in total. The van der Waals surface area contributed by atoms with Gasteiger partial charge in [-0.3, -0.25) is 0 Å². The highest BCUT2D eigenvalue weighted by atomic mass is 35.7. The van der Waals surface area contributed by atoms with Crippen LogP contribution < -0.4 is 4.74 Å². The monoisotopic (exact) mass is 351 g/mol. The second-order valence-electron chi connectivity index (χ2n) is 4.32. The number of nitrogens with zero attached hydrogens (tertiary/aromatic N) is 1. The van der Waals surface area contributed by atoms with Crippen LogP contribution >= 0.6 is 10.7 Å². The van der Waals surface area contributed by atoms with E-state index in [-0.39, 0.29) is 10.6 Å². The van der Waals surface area contributed by atoms with Gasteiger partial charge in [0.25, 0.3) is 9.05 Å². The first-order valence-corrected chi connectivity index (χ1v) is 8.15. The number of hydrogen-bond acceptors (Lipinski definition) is 4. The Hall–Kier alpha value is -1.80. The molecule has 0 aliphatic rings. The van der Waals surface area contributed by atoms with Crippen LogP contribution in [-0.2, 0) is 15.2 Å². The Labute approximate surface area is 128 Å². The summed E-state index contributed by atoms with van der Waals surface area (Å²) < 4.78 is 66.1. The minimum Gasteiger partial charge on any atom is -0.438 e. The van der Waals surface area contributed by atoms with Crippen molar-refractivity contribution in [3.63, 3.8) is 0 Å². The maximum absolute atomic E-state index is 12.9. The van der Waals surface area contributed by atoms with Crippen LogP contribution in [0.25, 0.3) is 0 Å². The first kappa shape index (κ1) is 16.6. The molecule has 0 amide bonds. The Balaban J connectivity index is 2.41. The summed E-state index contributed by atoms with van der Waals surface area (Å²) in [6, 6.07) is 5.55. The molecule has 0 spiro atoms. The normalized spacial score (nSPS) is 12.2. The molecule has 0 bridgehead atoms. The topological polar surface area (TPSA) is 56.3 Å². The predicted octanol–water partition coefficient (Wildman–Crippen LogP) is 4.13. The van der Waals surface area contributed by atoms with E-state index in [1.165, 1.54) is 19.1 Å². The Morgan fingerprint density at radius 1 is 1.23 bits per heavy atom. The van der Waals surface area contributed by atoms with Gasteiger partial charge >= 0.3 is 6.18 Å². The third-order valence-corrected chi connectivity index (χ3v) is 4.06. The van der Waals surface area contributed by atoms with E-state index in [1.807, 2.05) is 0 Å². The van der Waals surface area contributed by atoms with E-state index in [2.05, 4.69) is 4.98 Å². The van der Waals surface area contributed by atoms with Crippen molar-refractivity contribution < 1.29 is 26.3 Å². The molecule has 2 rings (SSSR count). The molecular formula is C13H9ClF3NO3S. The van der Waals surface area contributed by atoms with Crippen molar-refractivity contribution in [2.24, 2.45) is 0 Å². The maximum atomic E-state index is 12.9. The molecule has 0 N–H and O–H groups in total. The Morgan fingerprint density at radius 3 is 2.45 bits per heavy atom. The lowest BCUT2D eigenvalue weighted by molar-refractivity contribution is -0.138. The van der Waals surface area contributed by atoms with E-state index in [4.69, 9.17) is 15.4 Å². The second-order valence-corrected chi connectivity index (χ2v) is 6.89. The summed E-state index contributed by atoms with van der Waals surface area (Å²) >= 11 is 0. The van der Waals surface area contributed by atoms with E-state index in [9.17, 15) is 21.6 Å². The van der Waals surface area contributed by atoms with E-state index in [0.29, 0.717) is 5.56 Å². The SMILES string of the molecule is Cc1cc(S(=O)(=O)Cl)ccc1Oc1ncccc1C(F)(F)F. The molecule has 1 heterocycles. The van der Waals surface area contributed by atoms with Crippen LogP contribution in [0.5, 0.6) is 11.6 Å². The van der Waals surface area contributed by atoms with Crippen LogP contribution in [0.2, 0.25) is 0 Å². The third kappa shape index (κ3) is 3.69. The van der Waals surface area contributed by atoms with Crippen molar-refractivity contribution in [2.75, 3.05) is 0 Å². The molecular weight excluding hydrogens is 343 g/mol. The van der Waals surface area contributed by atoms with E-state index < -0.39 is 26.7 Å². The van der Waals surface area contributed by atoms with Gasteiger partial charge in [-0.05, 0) is 42.8 Å². The zero-order chi connectivity index (χ0) is 16.5. The van der Waals surface area contributed by atoms with Gasteiger partial charge in [0.05, 0.1) is 4.90 Å². The summed E-state index contributed by atoms with van der Waals surface area (Å²) in [7, 11) is 1.27. The van der Waals surface area contributed by atoms with Crippen LogP contribution in [0.15, 0.2) is 41.4 Å². The van der Waals surface area contributed by atoms with Crippen LogP contribution in [-0.4, -0.2) is 13.4 Å². The molecule has 0 aliphatic carbocycles. The van der Waals surface area contributed by atoms with Crippen LogP contribution in [0.1, 0.15) is 11.1 Å². The van der Waals surface area contributed by atoms with Crippen molar-refractivity contribution in [2.45, 2.75) is 18.0 Å². The van der Waals surface area contributed by atoms with E-state index in [1.54, 1.807) is 0 Å². The molecule has 0 saturated heterocycles. The van der Waals surface area contributed by atoms with Gasteiger partial charge in [-0.15, -0.1) is 0 Å². The molecule has 0 aliphatic heterocycles. The number of halogens is 4. The Bertz CT molecular complexity index is 806. The number of aryl methyl sites for hydroxylation is 1. The summed E-state index contributed by atoms with van der Waals surface area (Å²) in [5.74, 6) is -0.562. The van der Waals surface area contributed by atoms with Crippen molar-refractivity contribution in [3.05, 3.63) is 47.7 Å². The molecule has 0 unspecified atom stereocenters. The number of aromatic nitrogens is 1. The highest BCUT2D eigenvalue weighted by Gasteiger charge is 2.35. The fourth-order valence-electron chi connectivity index (χ4n) is 1.68. The molecule has 2 aromatic rings. The van der Waals surface area contributed by atoms with Crippen molar-refractivity contribution in [1.82, 2.24) is 4.98 Å². The molecule has 22 heavy (non-hydrogen) atoms. The van der Waals surface area contributed by atoms with Crippen molar-refractivity contribution >= 4 is 19.7 Å². The van der Waals surface area contributed by atoms with Gasteiger partial charge < -0.3 is 4.74 Å². The number of pyridine rings is 1. The van der Waals surface area contributed by atoms with Crippen molar-refractivity contribution in [3.8, 4) is 11.6 Å². The maximum Gasteiger partial charge on any atom is 0.421 e. The van der Waals surface area contributed by atoms with Gasteiger partial charge in [-0.1, -0.05) is 0 Å². The highest BCUT2D eigenvalue weighted by Crippen LogP contribution is 2.37. The molecule has 0 atom stereocenters. The second kappa shape index (κ2) is 5.77. The quantitative estimate of drug-likeness (QED) is 0.780. The third-order valence-electron chi connectivity index (χ3n) is 2.71. The van der Waals surface area contributed by atoms with Crippen LogP contribution in [0, 0.1) is 6.92 Å². The lowest BCUT2D eigenvalue weighted by atomic mass is 10.2. The van der Waals surface area contributed by atoms with Crippen LogP contribution in [0.3, 0.4) is 0 Å². The first-order valence-electron chi connectivity index (χ1n) is 5.84. The van der Waals surface area contributed by atoms with Gasteiger partial charge in [-0.2, -0.15) is 13.2 Å². The summed E-state index contributed by atoms with van der Waals surface area (Å²) in [4.78, 5) is 3.40. The van der Waals surface area contributed by atoms with Gasteiger partial charge in [-0.25, -0.2) is 13.4 Å². The highest BCUT2D eigenvalue weighted by molar-refractivity contribution is 8.13. The van der Waals surface area contributed by atoms with Gasteiger partial charge in [0.2, 0.25) is 5.88 Å². The number of rotatable bonds is 3. The minimum absolute atomic E-state index is 0.0493. The number of alkyl halides is 3. The van der Waals surface area contributed by atoms with Crippen LogP contribution in [0.4, 0.5) is 13.2 Å². The fraction of sp³-hybridized carbons (Fsp3) is 0.154. The molecule has 1 aromatic carbocycles. The molecule has 0 fully saturated rings. The largest absolute Gasteiger partial charge is 0.438 e. The summed E-state index contributed by atoms with van der Waals surface area (Å²) in [6.45, 7) is 1.48.